The Morgan fingerprint density at radius 1 is 0.842 bits per heavy atom. The van der Waals surface area contributed by atoms with Crippen LogP contribution in [0.1, 0.15) is 84.0 Å². The Morgan fingerprint density at radius 2 is 1.21 bits per heavy atom. The fraction of sp³-hybridized carbons (Fsp3) is 0.929. The summed E-state index contributed by atoms with van der Waals surface area (Å²) in [5.74, 6) is -0.513. The zero-order chi connectivity index (χ0) is 12.8. The van der Waals surface area contributed by atoms with E-state index in [4.69, 9.17) is 5.26 Å². The van der Waals surface area contributed by atoms with Gasteiger partial charge in [-0.05, 0) is 6.42 Å². The first-order valence-electron chi connectivity index (χ1n) is 7.15. The molecule has 0 bridgehead atoms. The molecule has 0 fully saturated rings. The lowest BCUT2D eigenvalue weighted by molar-refractivity contribution is -0.234. The first-order chi connectivity index (χ1) is 8.31. The van der Waals surface area contributed by atoms with Gasteiger partial charge in [-0.25, -0.2) is 4.79 Å². The van der Waals surface area contributed by atoms with Gasteiger partial charge in [0.25, 0.3) is 0 Å². The molecule has 0 radical (unpaired) electrons. The van der Waals surface area contributed by atoms with Crippen molar-refractivity contribution in [3.8, 4) is 0 Å². The van der Waals surface area contributed by atoms with Gasteiger partial charge in [-0.2, -0.15) is 5.26 Å². The van der Waals surface area contributed by atoms with E-state index < -0.39 is 5.97 Å². The van der Waals surface area contributed by atoms with E-state index in [0.717, 1.165) is 12.8 Å². The number of carbonyl (C=O) groups is 1. The molecular formula is C14H33AlMgO3. The highest BCUT2D eigenvalue weighted by atomic mass is 27.0. The maximum Gasteiger partial charge on any atom is 0.342 e. The molecule has 0 heterocycles. The minimum atomic E-state index is -0.513. The normalized spacial score (nSPS) is 9.37. The van der Waals surface area contributed by atoms with Gasteiger partial charge in [0.2, 0.25) is 0 Å². The fourth-order valence-electron chi connectivity index (χ4n) is 1.98. The highest BCUT2D eigenvalue weighted by Gasteiger charge is 2.00. The van der Waals surface area contributed by atoms with Crippen LogP contribution in [0.2, 0.25) is 0 Å². The van der Waals surface area contributed by atoms with Crippen molar-refractivity contribution in [2.45, 2.75) is 84.0 Å². The molecule has 112 valence electrons. The van der Waals surface area contributed by atoms with Crippen molar-refractivity contribution in [1.82, 2.24) is 0 Å². The van der Waals surface area contributed by atoms with Crippen LogP contribution in [0.4, 0.5) is 0 Å². The third-order valence-electron chi connectivity index (χ3n) is 3.09. The lowest BCUT2D eigenvalue weighted by atomic mass is 10.1. The minimum Gasteiger partial charge on any atom is -0.301 e. The Kier molecular flexibility index (Phi) is 27.4. The third kappa shape index (κ3) is 21.2. The van der Waals surface area contributed by atoms with Gasteiger partial charge in [-0.1, -0.05) is 71.1 Å². The summed E-state index contributed by atoms with van der Waals surface area (Å²) in [5.41, 5.74) is 0. The fourth-order valence-corrected chi connectivity index (χ4v) is 1.98. The van der Waals surface area contributed by atoms with Gasteiger partial charge in [0.1, 0.15) is 0 Å². The third-order valence-corrected chi connectivity index (χ3v) is 3.09. The SMILES string of the molecule is CCCCCCCCCCCCCC(=O)OO.[AlH3].[MgH2]. The summed E-state index contributed by atoms with van der Waals surface area (Å²) in [6, 6.07) is 0. The monoisotopic (exact) mass is 300 g/mol. The quantitative estimate of drug-likeness (QED) is 0.261. The molecule has 5 heteroatoms. The van der Waals surface area contributed by atoms with Gasteiger partial charge in [-0.15, -0.1) is 0 Å². The summed E-state index contributed by atoms with van der Waals surface area (Å²) < 4.78 is 0. The Bertz CT molecular complexity index is 180. The first kappa shape index (κ1) is 24.7. The maximum atomic E-state index is 10.6. The van der Waals surface area contributed by atoms with Gasteiger partial charge in [0, 0.05) is 6.42 Å². The Labute approximate surface area is 145 Å². The number of hydrogen-bond donors (Lipinski definition) is 1. The molecular weight excluding hydrogens is 267 g/mol. The largest absolute Gasteiger partial charge is 0.342 e. The molecule has 0 atom stereocenters. The summed E-state index contributed by atoms with van der Waals surface area (Å²) >= 11 is 0. The molecule has 0 rings (SSSR count). The first-order valence-corrected chi connectivity index (χ1v) is 7.15. The molecule has 19 heavy (non-hydrogen) atoms. The van der Waals surface area contributed by atoms with Crippen molar-refractivity contribution in [1.29, 1.82) is 0 Å². The number of hydrogen-bond acceptors (Lipinski definition) is 3. The molecule has 0 spiro atoms. The van der Waals surface area contributed by atoms with Gasteiger partial charge in [0.15, 0.2) is 17.4 Å². The molecule has 0 aliphatic carbocycles. The lowest BCUT2D eigenvalue weighted by Gasteiger charge is -2.01. The van der Waals surface area contributed by atoms with E-state index in [0.29, 0.717) is 6.42 Å². The molecule has 0 saturated carbocycles. The van der Waals surface area contributed by atoms with Crippen LogP contribution in [0.25, 0.3) is 0 Å². The molecule has 0 aliphatic rings. The van der Waals surface area contributed by atoms with E-state index in [1.807, 2.05) is 0 Å². The van der Waals surface area contributed by atoms with E-state index in [1.165, 1.54) is 57.8 Å². The highest BCUT2D eigenvalue weighted by molar-refractivity contribution is 5.76. The number of carbonyl (C=O) groups excluding carboxylic acids is 1. The molecule has 0 aromatic heterocycles. The molecule has 0 aromatic rings. The number of rotatable bonds is 12. The van der Waals surface area contributed by atoms with E-state index in [9.17, 15) is 4.79 Å². The van der Waals surface area contributed by atoms with Crippen molar-refractivity contribution >= 4 is 46.4 Å². The molecule has 1 N–H and O–H groups in total. The van der Waals surface area contributed by atoms with Crippen LogP contribution in [-0.4, -0.2) is 51.6 Å². The second-order valence-electron chi connectivity index (χ2n) is 4.75. The second-order valence-corrected chi connectivity index (χ2v) is 4.75. The highest BCUT2D eigenvalue weighted by Crippen LogP contribution is 2.11. The number of unbranched alkanes of at least 4 members (excludes halogenated alkanes) is 10. The predicted molar refractivity (Wildman–Crippen MR) is 88.3 cm³/mol. The summed E-state index contributed by atoms with van der Waals surface area (Å²) in [5, 5.41) is 8.05. The lowest BCUT2D eigenvalue weighted by Crippen LogP contribution is -1.99. The van der Waals surface area contributed by atoms with Crippen molar-refractivity contribution < 1.29 is 14.9 Å². The van der Waals surface area contributed by atoms with E-state index >= 15 is 0 Å². The molecule has 0 aromatic carbocycles. The zero-order valence-corrected chi connectivity index (χ0v) is 11.2. The van der Waals surface area contributed by atoms with Crippen molar-refractivity contribution in [2.75, 3.05) is 0 Å². The summed E-state index contributed by atoms with van der Waals surface area (Å²) in [4.78, 5) is 14.2. The maximum absolute atomic E-state index is 10.6. The molecule has 0 unspecified atom stereocenters. The van der Waals surface area contributed by atoms with Crippen LogP contribution in [0, 0.1) is 0 Å². The van der Waals surface area contributed by atoms with E-state index in [2.05, 4.69) is 11.8 Å². The molecule has 3 nitrogen and oxygen atoms in total. The summed E-state index contributed by atoms with van der Waals surface area (Å²) in [6.45, 7) is 2.24. The minimum absolute atomic E-state index is 0. The van der Waals surface area contributed by atoms with Gasteiger partial charge in [0.05, 0.1) is 0 Å². The Balaban J connectivity index is -0.00000128. The van der Waals surface area contributed by atoms with Crippen LogP contribution < -0.4 is 0 Å². The molecule has 0 aliphatic heterocycles. The molecule has 0 amide bonds. The van der Waals surface area contributed by atoms with Crippen molar-refractivity contribution in [3.05, 3.63) is 0 Å². The van der Waals surface area contributed by atoms with Crippen LogP contribution >= 0.6 is 0 Å². The standard InChI is InChI=1S/C14H28O3.Al.Mg.5H/c1-2-3-4-5-6-7-8-9-10-11-12-13-14(15)17-16;;;;;;;/h16H,2-13H2,1H3;;;;;;;. The topological polar surface area (TPSA) is 46.5 Å². The average Bonchev–Trinajstić information content (AvgIpc) is 2.35. The summed E-state index contributed by atoms with van der Waals surface area (Å²) in [7, 11) is 0. The Morgan fingerprint density at radius 3 is 1.58 bits per heavy atom. The summed E-state index contributed by atoms with van der Waals surface area (Å²) in [6.07, 6.45) is 14.2. The average molecular weight is 301 g/mol. The van der Waals surface area contributed by atoms with E-state index in [-0.39, 0.29) is 40.4 Å². The van der Waals surface area contributed by atoms with Crippen LogP contribution in [0.3, 0.4) is 0 Å². The van der Waals surface area contributed by atoms with Crippen LogP contribution in [0.15, 0.2) is 0 Å². The van der Waals surface area contributed by atoms with Gasteiger partial charge in [-0.3, -0.25) is 0 Å². The van der Waals surface area contributed by atoms with Crippen LogP contribution in [0.5, 0.6) is 0 Å². The predicted octanol–water partition coefficient (Wildman–Crippen LogP) is 2.60. The zero-order valence-electron chi connectivity index (χ0n) is 11.2. The van der Waals surface area contributed by atoms with Crippen molar-refractivity contribution in [2.24, 2.45) is 0 Å². The van der Waals surface area contributed by atoms with Gasteiger partial charge < -0.3 is 4.89 Å². The second kappa shape index (κ2) is 21.0. The van der Waals surface area contributed by atoms with Crippen molar-refractivity contribution in [3.63, 3.8) is 0 Å². The van der Waals surface area contributed by atoms with Gasteiger partial charge >= 0.3 is 29.0 Å². The smallest absolute Gasteiger partial charge is 0.301 e. The van der Waals surface area contributed by atoms with E-state index in [1.54, 1.807) is 0 Å². The van der Waals surface area contributed by atoms with Crippen LogP contribution in [-0.2, 0) is 9.68 Å². The Hall–Kier alpha value is 0.729. The molecule has 0 saturated heterocycles.